The molecule has 51 heavy (non-hydrogen) atoms. The van der Waals surface area contributed by atoms with Crippen LogP contribution in [0, 0.1) is 0 Å². The van der Waals surface area contributed by atoms with Crippen molar-refractivity contribution in [1.82, 2.24) is 4.57 Å². The molecule has 10 aromatic rings. The van der Waals surface area contributed by atoms with E-state index in [1.165, 1.54) is 38.5 Å². The van der Waals surface area contributed by atoms with Crippen LogP contribution in [-0.2, 0) is 0 Å². The van der Waals surface area contributed by atoms with Crippen molar-refractivity contribution in [1.29, 1.82) is 0 Å². The van der Waals surface area contributed by atoms with Crippen LogP contribution >= 0.6 is 0 Å². The Morgan fingerprint density at radius 3 is 1.67 bits per heavy atom. The maximum absolute atomic E-state index is 6.56. The molecule has 0 N–H and O–H groups in total. The predicted octanol–water partition coefficient (Wildman–Crippen LogP) is 13.5. The first-order valence-electron chi connectivity index (χ1n) is 17.4. The van der Waals surface area contributed by atoms with E-state index >= 15 is 0 Å². The van der Waals surface area contributed by atoms with E-state index < -0.39 is 0 Å². The van der Waals surface area contributed by atoms with Crippen LogP contribution in [-0.4, -0.2) is 4.57 Å². The van der Waals surface area contributed by atoms with E-state index in [0.717, 1.165) is 50.3 Å². The number of aromatic nitrogens is 1. The molecule has 0 aliphatic rings. The van der Waals surface area contributed by atoms with Gasteiger partial charge in [0, 0.05) is 38.6 Å². The maximum atomic E-state index is 6.56. The second-order valence-electron chi connectivity index (χ2n) is 13.0. The number of hydrogen-bond donors (Lipinski definition) is 0. The lowest BCUT2D eigenvalue weighted by Crippen LogP contribution is -2.10. The van der Waals surface area contributed by atoms with E-state index in [4.69, 9.17) is 4.42 Å². The predicted molar refractivity (Wildman–Crippen MR) is 214 cm³/mol. The van der Waals surface area contributed by atoms with Crippen LogP contribution in [0.15, 0.2) is 199 Å². The molecule has 0 aliphatic heterocycles. The summed E-state index contributed by atoms with van der Waals surface area (Å²) in [6.07, 6.45) is 0. The van der Waals surface area contributed by atoms with Crippen molar-refractivity contribution >= 4 is 60.8 Å². The quantitative estimate of drug-likeness (QED) is 0.178. The molecule has 10 rings (SSSR count). The third-order valence-corrected chi connectivity index (χ3v) is 10.0. The average molecular weight is 653 g/mol. The lowest BCUT2D eigenvalue weighted by Gasteiger charge is -2.26. The molecular weight excluding hydrogens is 621 g/mol. The van der Waals surface area contributed by atoms with Crippen LogP contribution in [0.25, 0.3) is 71.7 Å². The Morgan fingerprint density at radius 2 is 0.922 bits per heavy atom. The highest BCUT2D eigenvalue weighted by atomic mass is 16.3. The van der Waals surface area contributed by atoms with Crippen molar-refractivity contribution in [2.75, 3.05) is 4.90 Å². The number of benzene rings is 8. The smallest absolute Gasteiger partial charge is 0.159 e. The molecule has 0 saturated heterocycles. The molecule has 0 aliphatic carbocycles. The number of rotatable bonds is 6. The monoisotopic (exact) mass is 652 g/mol. The molecule has 0 radical (unpaired) electrons. The fourth-order valence-corrected chi connectivity index (χ4v) is 7.58. The zero-order valence-electron chi connectivity index (χ0n) is 27.8. The van der Waals surface area contributed by atoms with Gasteiger partial charge >= 0.3 is 0 Å². The van der Waals surface area contributed by atoms with Gasteiger partial charge in [0.2, 0.25) is 0 Å². The molecule has 0 fully saturated rings. The highest BCUT2D eigenvalue weighted by Gasteiger charge is 2.20. The normalized spacial score (nSPS) is 11.5. The molecule has 0 unspecified atom stereocenters. The molecular formula is C48H32N2O. The van der Waals surface area contributed by atoms with Crippen LogP contribution in [0.1, 0.15) is 0 Å². The van der Waals surface area contributed by atoms with Gasteiger partial charge in [-0.2, -0.15) is 0 Å². The lowest BCUT2D eigenvalue weighted by molar-refractivity contribution is 0.669. The summed E-state index contributed by atoms with van der Waals surface area (Å²) < 4.78 is 8.94. The Labute approximate surface area is 295 Å². The summed E-state index contributed by atoms with van der Waals surface area (Å²) in [5.41, 5.74) is 13.1. The van der Waals surface area contributed by atoms with Gasteiger partial charge < -0.3 is 13.9 Å². The fourth-order valence-electron chi connectivity index (χ4n) is 7.58. The van der Waals surface area contributed by atoms with E-state index in [0.29, 0.717) is 0 Å². The van der Waals surface area contributed by atoms with Crippen LogP contribution in [0.2, 0.25) is 0 Å². The van der Waals surface area contributed by atoms with Gasteiger partial charge in [0.1, 0.15) is 5.58 Å². The van der Waals surface area contributed by atoms with Gasteiger partial charge in [-0.05, 0) is 82.9 Å². The molecule has 0 spiro atoms. The molecule has 3 nitrogen and oxygen atoms in total. The topological polar surface area (TPSA) is 21.3 Å². The standard InChI is InChI=1S/C48H32N2O/c1-3-12-33(13-4-1)34-22-27-38(28-23-34)49(45-20-11-18-43-42-17-8-10-21-47(42)51-48(43)45)39-29-24-35(25-30-39)36-26-31-41-40-16-7-9-19-44(40)50(46(41)32-36)37-14-5-2-6-15-37/h1-32H. The van der Waals surface area contributed by atoms with E-state index in [2.05, 4.69) is 191 Å². The molecule has 0 atom stereocenters. The first-order chi connectivity index (χ1) is 25.3. The van der Waals surface area contributed by atoms with E-state index in [9.17, 15) is 0 Å². The van der Waals surface area contributed by atoms with E-state index in [1.807, 2.05) is 12.1 Å². The minimum absolute atomic E-state index is 0.870. The fraction of sp³-hybridized carbons (Fsp3) is 0. The highest BCUT2D eigenvalue weighted by Crippen LogP contribution is 2.43. The van der Waals surface area contributed by atoms with Crippen molar-refractivity contribution in [3.63, 3.8) is 0 Å². The van der Waals surface area contributed by atoms with Crippen LogP contribution in [0.3, 0.4) is 0 Å². The van der Waals surface area contributed by atoms with Gasteiger partial charge in [-0.1, -0.05) is 133 Å². The van der Waals surface area contributed by atoms with Gasteiger partial charge in [0.05, 0.1) is 16.7 Å². The molecule has 0 saturated carbocycles. The van der Waals surface area contributed by atoms with Crippen LogP contribution in [0.5, 0.6) is 0 Å². The summed E-state index contributed by atoms with van der Waals surface area (Å²) in [5, 5.41) is 4.73. The number of para-hydroxylation sites is 4. The molecule has 0 bridgehead atoms. The summed E-state index contributed by atoms with van der Waals surface area (Å²) in [5.74, 6) is 0. The largest absolute Gasteiger partial charge is 0.454 e. The van der Waals surface area contributed by atoms with E-state index in [-0.39, 0.29) is 0 Å². The molecule has 240 valence electrons. The third-order valence-electron chi connectivity index (χ3n) is 10.0. The zero-order chi connectivity index (χ0) is 33.7. The Hall–Kier alpha value is -6.84. The summed E-state index contributed by atoms with van der Waals surface area (Å²) in [4.78, 5) is 2.31. The van der Waals surface area contributed by atoms with Gasteiger partial charge in [-0.3, -0.25) is 0 Å². The first-order valence-corrected chi connectivity index (χ1v) is 17.4. The number of anilines is 3. The maximum Gasteiger partial charge on any atom is 0.159 e. The van der Waals surface area contributed by atoms with E-state index in [1.54, 1.807) is 0 Å². The summed E-state index contributed by atoms with van der Waals surface area (Å²) in [6.45, 7) is 0. The zero-order valence-corrected chi connectivity index (χ0v) is 27.8. The average Bonchev–Trinajstić information content (AvgIpc) is 3.75. The van der Waals surface area contributed by atoms with Crippen molar-refractivity contribution in [3.8, 4) is 27.9 Å². The van der Waals surface area contributed by atoms with Crippen molar-refractivity contribution in [2.45, 2.75) is 0 Å². The van der Waals surface area contributed by atoms with Crippen LogP contribution < -0.4 is 4.90 Å². The number of furan rings is 1. The molecule has 8 aromatic carbocycles. The second kappa shape index (κ2) is 11.9. The van der Waals surface area contributed by atoms with Crippen molar-refractivity contribution < 1.29 is 4.42 Å². The van der Waals surface area contributed by atoms with Gasteiger partial charge in [0.25, 0.3) is 0 Å². The Bertz CT molecular complexity index is 2830. The molecule has 0 amide bonds. The van der Waals surface area contributed by atoms with Gasteiger partial charge in [-0.15, -0.1) is 0 Å². The number of fused-ring (bicyclic) bond motifs is 6. The van der Waals surface area contributed by atoms with Crippen molar-refractivity contribution in [2.24, 2.45) is 0 Å². The van der Waals surface area contributed by atoms with Crippen molar-refractivity contribution in [3.05, 3.63) is 194 Å². The Balaban J connectivity index is 1.10. The van der Waals surface area contributed by atoms with Gasteiger partial charge in [-0.25, -0.2) is 0 Å². The lowest BCUT2D eigenvalue weighted by atomic mass is 10.0. The Kier molecular flexibility index (Phi) is 6.81. The summed E-state index contributed by atoms with van der Waals surface area (Å²) >= 11 is 0. The molecule has 2 aromatic heterocycles. The number of hydrogen-bond acceptors (Lipinski definition) is 2. The van der Waals surface area contributed by atoms with Crippen LogP contribution in [0.4, 0.5) is 17.1 Å². The SMILES string of the molecule is c1ccc(-c2ccc(N(c3ccc(-c4ccc5c6ccccc6n(-c6ccccc6)c5c4)cc3)c3cccc4c3oc3ccccc34)cc2)cc1. The highest BCUT2D eigenvalue weighted by molar-refractivity contribution is 6.11. The molecule has 2 heterocycles. The number of nitrogens with zero attached hydrogens (tertiary/aromatic N) is 2. The summed E-state index contributed by atoms with van der Waals surface area (Å²) in [7, 11) is 0. The molecule has 3 heteroatoms. The second-order valence-corrected chi connectivity index (χ2v) is 13.0. The summed E-state index contributed by atoms with van der Waals surface area (Å²) in [6, 6.07) is 69.1. The van der Waals surface area contributed by atoms with Gasteiger partial charge in [0.15, 0.2) is 5.58 Å². The minimum Gasteiger partial charge on any atom is -0.454 e. The first kappa shape index (κ1) is 29.1. The minimum atomic E-state index is 0.870. The Morgan fingerprint density at radius 1 is 0.373 bits per heavy atom. The third kappa shape index (κ3) is 4.90.